The molecule has 8 nitrogen and oxygen atoms in total. The lowest BCUT2D eigenvalue weighted by molar-refractivity contribution is -0.0412. The summed E-state index contributed by atoms with van der Waals surface area (Å²) in [5.74, 6) is 0. The SMILES string of the molecule is CC(C)(C)[Si](C)(C)OC[C@H]1O[C@@H](n2cc(C=O)c(=O)[nH]c2=O)C[C@@H]1O[Si](C)(C)C(C)(C)C. The summed E-state index contributed by atoms with van der Waals surface area (Å²) in [5, 5.41) is 0.0605. The van der Waals surface area contributed by atoms with Crippen LogP contribution in [0.3, 0.4) is 0 Å². The number of aromatic amines is 1. The van der Waals surface area contributed by atoms with E-state index in [1.54, 1.807) is 0 Å². The quantitative estimate of drug-likeness (QED) is 0.463. The fourth-order valence-corrected chi connectivity index (χ4v) is 5.38. The van der Waals surface area contributed by atoms with Crippen molar-refractivity contribution in [3.05, 3.63) is 32.6 Å². The highest BCUT2D eigenvalue weighted by molar-refractivity contribution is 6.74. The zero-order valence-electron chi connectivity index (χ0n) is 21.2. The van der Waals surface area contributed by atoms with Gasteiger partial charge in [-0.15, -0.1) is 0 Å². The molecule has 0 spiro atoms. The van der Waals surface area contributed by atoms with Crippen LogP contribution in [0.5, 0.6) is 0 Å². The molecule has 182 valence electrons. The van der Waals surface area contributed by atoms with Crippen LogP contribution in [0, 0.1) is 0 Å². The number of carbonyl (C=O) groups is 1. The molecule has 0 amide bonds. The van der Waals surface area contributed by atoms with Gasteiger partial charge in [-0.1, -0.05) is 41.5 Å². The summed E-state index contributed by atoms with van der Waals surface area (Å²) in [4.78, 5) is 37.7. The summed E-state index contributed by atoms with van der Waals surface area (Å²) < 4.78 is 20.7. The van der Waals surface area contributed by atoms with Crippen molar-refractivity contribution in [3.8, 4) is 0 Å². The third kappa shape index (κ3) is 5.77. The molecule has 0 saturated carbocycles. The van der Waals surface area contributed by atoms with E-state index < -0.39 is 34.1 Å². The van der Waals surface area contributed by atoms with Crippen molar-refractivity contribution in [2.75, 3.05) is 6.61 Å². The molecule has 32 heavy (non-hydrogen) atoms. The van der Waals surface area contributed by atoms with Crippen LogP contribution in [-0.4, -0.2) is 51.3 Å². The summed E-state index contributed by atoms with van der Waals surface area (Å²) >= 11 is 0. The minimum absolute atomic E-state index is 0.00936. The van der Waals surface area contributed by atoms with Gasteiger partial charge in [-0.25, -0.2) is 4.79 Å². The Balaban J connectivity index is 2.36. The van der Waals surface area contributed by atoms with E-state index in [0.717, 1.165) is 0 Å². The molecule has 1 aliphatic rings. The average Bonchev–Trinajstić information content (AvgIpc) is 3.00. The normalized spacial score (nSPS) is 22.9. The predicted molar refractivity (Wildman–Crippen MR) is 130 cm³/mol. The van der Waals surface area contributed by atoms with E-state index in [1.165, 1.54) is 10.8 Å². The molecule has 1 aliphatic heterocycles. The number of nitrogens with zero attached hydrogens (tertiary/aromatic N) is 1. The van der Waals surface area contributed by atoms with Crippen LogP contribution >= 0.6 is 0 Å². The summed E-state index contributed by atoms with van der Waals surface area (Å²) in [5.41, 5.74) is -1.43. The van der Waals surface area contributed by atoms with Gasteiger partial charge >= 0.3 is 5.69 Å². The topological polar surface area (TPSA) is 99.6 Å². The zero-order chi connectivity index (χ0) is 24.7. The number of aldehydes is 1. The Labute approximate surface area is 192 Å². The van der Waals surface area contributed by atoms with Gasteiger partial charge in [-0.05, 0) is 36.3 Å². The summed E-state index contributed by atoms with van der Waals surface area (Å²) in [6.45, 7) is 22.2. The summed E-state index contributed by atoms with van der Waals surface area (Å²) in [7, 11) is -4.14. The number of H-pyrrole nitrogens is 1. The van der Waals surface area contributed by atoms with Crippen molar-refractivity contribution in [2.45, 2.75) is 103 Å². The molecule has 1 aromatic rings. The highest BCUT2D eigenvalue weighted by atomic mass is 28.4. The predicted octanol–water partition coefficient (Wildman–Crippen LogP) is 4.05. The molecule has 2 rings (SSSR count). The largest absolute Gasteiger partial charge is 0.414 e. The minimum Gasteiger partial charge on any atom is -0.414 e. The molecule has 0 unspecified atom stereocenters. The lowest BCUT2D eigenvalue weighted by atomic mass is 10.2. The molecule has 1 saturated heterocycles. The Morgan fingerprint density at radius 2 is 1.66 bits per heavy atom. The second-order valence-corrected chi connectivity index (χ2v) is 21.3. The molecule has 2 heterocycles. The van der Waals surface area contributed by atoms with Crippen LogP contribution in [0.1, 0.15) is 64.5 Å². The van der Waals surface area contributed by atoms with Crippen molar-refractivity contribution in [3.63, 3.8) is 0 Å². The molecule has 1 N–H and O–H groups in total. The van der Waals surface area contributed by atoms with Crippen LogP contribution in [0.15, 0.2) is 15.8 Å². The second-order valence-electron chi connectivity index (χ2n) is 11.7. The molecule has 1 aromatic heterocycles. The maximum absolute atomic E-state index is 12.5. The van der Waals surface area contributed by atoms with E-state index in [0.29, 0.717) is 19.3 Å². The number of ether oxygens (including phenoxy) is 1. The first-order valence-corrected chi connectivity index (χ1v) is 17.0. The van der Waals surface area contributed by atoms with Gasteiger partial charge < -0.3 is 13.6 Å². The van der Waals surface area contributed by atoms with Gasteiger partial charge in [0.2, 0.25) is 0 Å². The standard InChI is InChI=1S/C22H40N2O6Si2/c1-21(2,3)31(7,8)28-14-17-16(30-32(9,10)22(4,5)6)11-18(29-17)24-12-15(13-25)19(26)23-20(24)27/h12-13,16-18H,11,14H2,1-10H3,(H,23,26,27)/t16-,17+,18+/m0/s1. The smallest absolute Gasteiger partial charge is 0.330 e. The Kier molecular flexibility index (Phi) is 7.68. The highest BCUT2D eigenvalue weighted by Crippen LogP contribution is 2.42. The van der Waals surface area contributed by atoms with Gasteiger partial charge in [0.1, 0.15) is 12.3 Å². The number of carbonyl (C=O) groups excluding carboxylic acids is 1. The third-order valence-electron chi connectivity index (χ3n) is 7.28. The molecule has 0 bridgehead atoms. The fraction of sp³-hybridized carbons (Fsp3) is 0.773. The van der Waals surface area contributed by atoms with Gasteiger partial charge in [0.25, 0.3) is 5.56 Å². The van der Waals surface area contributed by atoms with Crippen LogP contribution < -0.4 is 11.2 Å². The molecular weight excluding hydrogens is 444 g/mol. The zero-order valence-corrected chi connectivity index (χ0v) is 23.2. The van der Waals surface area contributed by atoms with Crippen molar-refractivity contribution < 1.29 is 18.4 Å². The first-order valence-electron chi connectivity index (χ1n) is 11.2. The van der Waals surface area contributed by atoms with Gasteiger partial charge in [-0.2, -0.15) is 0 Å². The van der Waals surface area contributed by atoms with E-state index in [9.17, 15) is 14.4 Å². The van der Waals surface area contributed by atoms with Gasteiger partial charge in [0.15, 0.2) is 22.9 Å². The van der Waals surface area contributed by atoms with E-state index in [1.807, 2.05) is 0 Å². The fourth-order valence-electron chi connectivity index (χ4n) is 3.01. The Bertz CT molecular complexity index is 939. The summed E-state index contributed by atoms with van der Waals surface area (Å²) in [6.07, 6.45) is 0.860. The van der Waals surface area contributed by atoms with Gasteiger partial charge in [0.05, 0.1) is 18.3 Å². The Morgan fingerprint density at radius 3 is 2.16 bits per heavy atom. The minimum atomic E-state index is -2.12. The van der Waals surface area contributed by atoms with Crippen molar-refractivity contribution >= 4 is 22.9 Å². The Hall–Kier alpha value is -1.34. The molecular formula is C22H40N2O6Si2. The van der Waals surface area contributed by atoms with Crippen LogP contribution in [0.4, 0.5) is 0 Å². The maximum atomic E-state index is 12.5. The molecule has 3 atom stereocenters. The monoisotopic (exact) mass is 484 g/mol. The molecule has 1 fully saturated rings. The van der Waals surface area contributed by atoms with Crippen molar-refractivity contribution in [2.24, 2.45) is 0 Å². The van der Waals surface area contributed by atoms with Crippen LogP contribution in [0.2, 0.25) is 36.3 Å². The first kappa shape index (κ1) is 26.9. The van der Waals surface area contributed by atoms with Gasteiger partial charge in [-0.3, -0.25) is 19.1 Å². The second kappa shape index (κ2) is 9.13. The number of aromatic nitrogens is 2. The third-order valence-corrected chi connectivity index (χ3v) is 16.3. The summed E-state index contributed by atoms with van der Waals surface area (Å²) in [6, 6.07) is 0. The van der Waals surface area contributed by atoms with E-state index in [2.05, 4.69) is 72.7 Å². The van der Waals surface area contributed by atoms with Crippen LogP contribution in [-0.2, 0) is 13.6 Å². The molecule has 0 aliphatic carbocycles. The van der Waals surface area contributed by atoms with Gasteiger partial charge in [0, 0.05) is 12.6 Å². The maximum Gasteiger partial charge on any atom is 0.330 e. The van der Waals surface area contributed by atoms with Crippen molar-refractivity contribution in [1.29, 1.82) is 0 Å². The molecule has 0 aromatic carbocycles. The van der Waals surface area contributed by atoms with Crippen LogP contribution in [0.25, 0.3) is 0 Å². The highest BCUT2D eigenvalue weighted by Gasteiger charge is 2.46. The molecule has 0 radical (unpaired) electrons. The van der Waals surface area contributed by atoms with E-state index in [-0.39, 0.29) is 27.8 Å². The van der Waals surface area contributed by atoms with Crippen molar-refractivity contribution in [1.82, 2.24) is 9.55 Å². The first-order chi connectivity index (χ1) is 14.4. The number of hydrogen-bond donors (Lipinski definition) is 1. The Morgan fingerprint density at radius 1 is 1.09 bits per heavy atom. The average molecular weight is 485 g/mol. The number of hydrogen-bond acceptors (Lipinski definition) is 6. The molecule has 10 heteroatoms. The lowest BCUT2D eigenvalue weighted by Gasteiger charge is -2.40. The number of nitrogens with one attached hydrogen (secondary N) is 1. The van der Waals surface area contributed by atoms with E-state index in [4.69, 9.17) is 13.6 Å². The van der Waals surface area contributed by atoms with E-state index >= 15 is 0 Å². The lowest BCUT2D eigenvalue weighted by Crippen LogP contribution is -2.48. The number of rotatable bonds is 7.